The molecule has 0 radical (unpaired) electrons. The molecule has 24 heavy (non-hydrogen) atoms. The molecule has 0 bridgehead atoms. The maximum absolute atomic E-state index is 11.6. The number of aryl methyl sites for hydroxylation is 1. The van der Waals surface area contributed by atoms with E-state index in [-0.39, 0.29) is 18.3 Å². The smallest absolute Gasteiger partial charge is 0.226 e. The summed E-state index contributed by atoms with van der Waals surface area (Å²) in [7, 11) is 1.62. The van der Waals surface area contributed by atoms with E-state index in [9.17, 15) is 4.79 Å². The molecule has 0 saturated carbocycles. The van der Waals surface area contributed by atoms with Crippen molar-refractivity contribution < 1.29 is 14.1 Å². The average Bonchev–Trinajstić information content (AvgIpc) is 3.04. The number of ether oxygens (including phenoxy) is 1. The Kier molecular flexibility index (Phi) is 8.81. The van der Waals surface area contributed by atoms with E-state index >= 15 is 0 Å². The first-order valence-electron chi connectivity index (χ1n) is 7.66. The van der Waals surface area contributed by atoms with Crippen LogP contribution in [0.3, 0.4) is 0 Å². The Morgan fingerprint density at radius 3 is 2.71 bits per heavy atom. The number of nitrogens with one attached hydrogen (secondary N) is 1. The number of nitrogens with zero attached hydrogens (tertiary/aromatic N) is 2. The van der Waals surface area contributed by atoms with Crippen molar-refractivity contribution in [2.45, 2.75) is 25.7 Å². The molecule has 1 aromatic heterocycles. The van der Waals surface area contributed by atoms with E-state index in [0.717, 1.165) is 17.7 Å². The minimum Gasteiger partial charge on any atom is -0.497 e. The summed E-state index contributed by atoms with van der Waals surface area (Å²) in [6.07, 6.45) is 2.47. The maximum Gasteiger partial charge on any atom is 0.226 e. The van der Waals surface area contributed by atoms with Crippen molar-refractivity contribution in [3.63, 3.8) is 0 Å². The zero-order chi connectivity index (χ0) is 16.5. The number of carbonyl (C=O) groups is 1. The molecule has 2 aromatic rings. The average molecular weight is 355 g/mol. The number of benzene rings is 1. The van der Waals surface area contributed by atoms with Gasteiger partial charge in [0.15, 0.2) is 0 Å². The van der Waals surface area contributed by atoms with Crippen LogP contribution in [0.1, 0.15) is 25.2 Å². The summed E-state index contributed by atoms with van der Waals surface area (Å²) in [5, 5.41) is 6.77. The molecule has 0 unspecified atom stereocenters. The highest BCUT2D eigenvalue weighted by atomic mass is 35.5. The lowest BCUT2D eigenvalue weighted by Crippen LogP contribution is -2.25. The molecule has 2 rings (SSSR count). The first kappa shape index (κ1) is 19.9. The third-order valence-corrected chi connectivity index (χ3v) is 3.31. The molecule has 0 aliphatic rings. The van der Waals surface area contributed by atoms with Crippen molar-refractivity contribution in [3.05, 3.63) is 30.2 Å². The number of aromatic nitrogens is 2. The predicted octanol–water partition coefficient (Wildman–Crippen LogP) is 1.95. The lowest BCUT2D eigenvalue weighted by molar-refractivity contribution is -0.121. The summed E-state index contributed by atoms with van der Waals surface area (Å²) in [6.45, 7) is 1.20. The normalized spacial score (nSPS) is 10.1. The third-order valence-electron chi connectivity index (χ3n) is 3.31. The Bertz CT molecular complexity index is 616. The fraction of sp³-hybridized carbons (Fsp3) is 0.438. The Morgan fingerprint density at radius 1 is 1.29 bits per heavy atom. The van der Waals surface area contributed by atoms with Gasteiger partial charge in [-0.3, -0.25) is 4.79 Å². The zero-order valence-corrected chi connectivity index (χ0v) is 14.5. The molecular formula is C16H23ClN4O3. The van der Waals surface area contributed by atoms with Crippen LogP contribution in [-0.2, 0) is 11.2 Å². The Morgan fingerprint density at radius 2 is 2.04 bits per heavy atom. The Labute approximate surface area is 147 Å². The van der Waals surface area contributed by atoms with Crippen molar-refractivity contribution in [3.8, 4) is 17.1 Å². The van der Waals surface area contributed by atoms with Gasteiger partial charge in [0.25, 0.3) is 0 Å². The van der Waals surface area contributed by atoms with Gasteiger partial charge in [-0.25, -0.2) is 0 Å². The first-order chi connectivity index (χ1) is 11.2. The Hall–Kier alpha value is -2.12. The van der Waals surface area contributed by atoms with Crippen LogP contribution >= 0.6 is 12.4 Å². The van der Waals surface area contributed by atoms with Crippen LogP contribution in [0, 0.1) is 0 Å². The third kappa shape index (κ3) is 6.17. The van der Waals surface area contributed by atoms with Crippen LogP contribution in [0.25, 0.3) is 11.4 Å². The number of methoxy groups -OCH3 is 1. The minimum absolute atomic E-state index is 0. The van der Waals surface area contributed by atoms with Gasteiger partial charge in [0.1, 0.15) is 5.75 Å². The highest BCUT2D eigenvalue weighted by molar-refractivity contribution is 5.85. The van der Waals surface area contributed by atoms with Crippen molar-refractivity contribution >= 4 is 18.3 Å². The second-order valence-electron chi connectivity index (χ2n) is 5.09. The topological polar surface area (TPSA) is 103 Å². The molecule has 1 amide bonds. The van der Waals surface area contributed by atoms with E-state index < -0.39 is 0 Å². The SMILES string of the molecule is COc1ccc(-c2noc(CCCC(=O)NCCCN)n2)cc1.Cl. The lowest BCUT2D eigenvalue weighted by Gasteiger charge is -2.02. The Balaban J connectivity index is 0.00000288. The van der Waals surface area contributed by atoms with Gasteiger partial charge in [0.05, 0.1) is 7.11 Å². The van der Waals surface area contributed by atoms with E-state index in [1.54, 1.807) is 7.11 Å². The van der Waals surface area contributed by atoms with Gasteiger partial charge in [0, 0.05) is 24.9 Å². The predicted molar refractivity (Wildman–Crippen MR) is 93.2 cm³/mol. The summed E-state index contributed by atoms with van der Waals surface area (Å²) in [6, 6.07) is 7.44. The van der Waals surface area contributed by atoms with Crippen molar-refractivity contribution in [2.24, 2.45) is 5.73 Å². The number of carbonyl (C=O) groups excluding carboxylic acids is 1. The second-order valence-corrected chi connectivity index (χ2v) is 5.09. The van der Waals surface area contributed by atoms with Crippen molar-refractivity contribution in [1.29, 1.82) is 0 Å². The van der Waals surface area contributed by atoms with Gasteiger partial charge >= 0.3 is 0 Å². The van der Waals surface area contributed by atoms with Gasteiger partial charge in [-0.2, -0.15) is 4.98 Å². The summed E-state index contributed by atoms with van der Waals surface area (Å²) >= 11 is 0. The highest BCUT2D eigenvalue weighted by Crippen LogP contribution is 2.20. The van der Waals surface area contributed by atoms with Crippen LogP contribution in [-0.4, -0.2) is 36.2 Å². The maximum atomic E-state index is 11.6. The van der Waals surface area contributed by atoms with E-state index in [2.05, 4.69) is 15.5 Å². The fourth-order valence-corrected chi connectivity index (χ4v) is 2.03. The van der Waals surface area contributed by atoms with E-state index in [1.165, 1.54) is 0 Å². The largest absolute Gasteiger partial charge is 0.497 e. The lowest BCUT2D eigenvalue weighted by atomic mass is 10.2. The molecule has 132 valence electrons. The molecule has 0 saturated heterocycles. The molecule has 1 heterocycles. The number of hydrogen-bond donors (Lipinski definition) is 2. The van der Waals surface area contributed by atoms with E-state index in [0.29, 0.717) is 44.1 Å². The second kappa shape index (κ2) is 10.6. The van der Waals surface area contributed by atoms with E-state index in [1.807, 2.05) is 24.3 Å². The zero-order valence-electron chi connectivity index (χ0n) is 13.7. The van der Waals surface area contributed by atoms with Crippen LogP contribution < -0.4 is 15.8 Å². The van der Waals surface area contributed by atoms with E-state index in [4.69, 9.17) is 15.0 Å². The van der Waals surface area contributed by atoms with Crippen molar-refractivity contribution in [2.75, 3.05) is 20.2 Å². The standard InChI is InChI=1S/C16H22N4O3.ClH/c1-22-13-8-6-12(7-9-13)16-19-15(23-20-16)5-2-4-14(21)18-11-3-10-17;/h6-9H,2-5,10-11,17H2,1H3,(H,18,21);1H. The highest BCUT2D eigenvalue weighted by Gasteiger charge is 2.09. The van der Waals surface area contributed by atoms with Crippen LogP contribution in [0.5, 0.6) is 5.75 Å². The van der Waals surface area contributed by atoms with Gasteiger partial charge in [-0.05, 0) is 43.7 Å². The van der Waals surface area contributed by atoms with Crippen LogP contribution in [0.2, 0.25) is 0 Å². The summed E-state index contributed by atoms with van der Waals surface area (Å²) in [5.74, 6) is 1.87. The molecule has 3 N–H and O–H groups in total. The first-order valence-corrected chi connectivity index (χ1v) is 7.66. The van der Waals surface area contributed by atoms with Crippen LogP contribution in [0.15, 0.2) is 28.8 Å². The number of halogens is 1. The quantitative estimate of drug-likeness (QED) is 0.667. The summed E-state index contributed by atoms with van der Waals surface area (Å²) in [4.78, 5) is 15.9. The molecule has 8 heteroatoms. The molecule has 7 nitrogen and oxygen atoms in total. The monoisotopic (exact) mass is 354 g/mol. The molecule has 0 atom stereocenters. The van der Waals surface area contributed by atoms with Crippen LogP contribution in [0.4, 0.5) is 0 Å². The number of rotatable bonds is 9. The molecule has 0 aliphatic carbocycles. The summed E-state index contributed by atoms with van der Waals surface area (Å²) in [5.41, 5.74) is 6.23. The van der Waals surface area contributed by atoms with Gasteiger partial charge < -0.3 is 20.3 Å². The van der Waals surface area contributed by atoms with Gasteiger partial charge in [0.2, 0.25) is 17.6 Å². The fourth-order valence-electron chi connectivity index (χ4n) is 2.03. The number of amides is 1. The summed E-state index contributed by atoms with van der Waals surface area (Å²) < 4.78 is 10.3. The van der Waals surface area contributed by atoms with Gasteiger partial charge in [-0.1, -0.05) is 5.16 Å². The number of hydrogen-bond acceptors (Lipinski definition) is 6. The molecule has 0 aliphatic heterocycles. The van der Waals surface area contributed by atoms with Gasteiger partial charge in [-0.15, -0.1) is 12.4 Å². The molecule has 0 fully saturated rings. The molecule has 0 spiro atoms. The molecule has 1 aromatic carbocycles. The van der Waals surface area contributed by atoms with Crippen molar-refractivity contribution in [1.82, 2.24) is 15.5 Å². The minimum atomic E-state index is 0. The molecular weight excluding hydrogens is 332 g/mol. The number of nitrogens with two attached hydrogens (primary N) is 1.